The Kier molecular flexibility index (Phi) is 11.7. The average molecular weight is 500 g/mol. The van der Waals surface area contributed by atoms with Crippen molar-refractivity contribution in [1.82, 2.24) is 24.9 Å². The monoisotopic (exact) mass is 500 g/mol. The maximum atomic E-state index is 12.5. The van der Waals surface area contributed by atoms with Crippen molar-refractivity contribution in [3.63, 3.8) is 0 Å². The summed E-state index contributed by atoms with van der Waals surface area (Å²) in [6, 6.07) is 4.25. The van der Waals surface area contributed by atoms with Crippen LogP contribution in [-0.2, 0) is 16.1 Å². The van der Waals surface area contributed by atoms with Gasteiger partial charge in [-0.15, -0.1) is 0 Å². The zero-order valence-electron chi connectivity index (χ0n) is 19.0. The van der Waals surface area contributed by atoms with Crippen LogP contribution in [0.25, 0.3) is 11.2 Å². The number of nitrogens with zero attached hydrogens (tertiary/aromatic N) is 4. The predicted molar refractivity (Wildman–Crippen MR) is 110 cm³/mol. The molecule has 172 valence electrons. The number of carboxylic acids is 2. The second kappa shape index (κ2) is 13.5. The number of nitrogens with one attached hydrogen (secondary N) is 2. The minimum absolute atomic E-state index is 0. The number of benzene rings is 1. The van der Waals surface area contributed by atoms with Gasteiger partial charge in [0.05, 0.1) is 30.4 Å². The number of nitrogen functional groups attached to an aromatic ring is 1. The fourth-order valence-electron chi connectivity index (χ4n) is 2.90. The molecule has 3 rings (SSSR count). The largest absolute Gasteiger partial charge is 1.00 e. The zero-order valence-corrected chi connectivity index (χ0v) is 23.0. The number of aromatic nitrogens is 4. The first-order chi connectivity index (χ1) is 15.7. The van der Waals surface area contributed by atoms with Gasteiger partial charge in [-0.3, -0.25) is 19.6 Å². The number of nitrogens with two attached hydrogens (primary N) is 2. The molecule has 2 heterocycles. The van der Waals surface area contributed by atoms with Crippen LogP contribution in [0.2, 0.25) is 0 Å². The molecule has 0 aliphatic carbocycles. The molecule has 1 aromatic carbocycles. The van der Waals surface area contributed by atoms with E-state index in [-0.39, 0.29) is 88.3 Å². The van der Waals surface area contributed by atoms with E-state index < -0.39 is 42.3 Å². The van der Waals surface area contributed by atoms with Crippen LogP contribution in [-0.4, -0.2) is 48.8 Å². The number of hydrogen-bond acceptors (Lipinski definition) is 12. The van der Waals surface area contributed by atoms with Gasteiger partial charge in [0.2, 0.25) is 5.95 Å². The van der Waals surface area contributed by atoms with Gasteiger partial charge < -0.3 is 30.9 Å². The number of hydrogen-bond donors (Lipinski definition) is 4. The van der Waals surface area contributed by atoms with Crippen LogP contribution in [0, 0.1) is 0 Å². The van der Waals surface area contributed by atoms with Crippen LogP contribution in [0.1, 0.15) is 28.9 Å². The second-order valence-corrected chi connectivity index (χ2v) is 6.87. The van der Waals surface area contributed by atoms with Crippen molar-refractivity contribution in [2.45, 2.75) is 25.4 Å². The number of aromatic amines is 1. The Labute approximate surface area is 242 Å². The Bertz CT molecular complexity index is 1270. The minimum Gasteiger partial charge on any atom is -0.550 e. The van der Waals surface area contributed by atoms with Crippen molar-refractivity contribution < 1.29 is 83.7 Å². The quantitative estimate of drug-likeness (QED) is 0.0927. The molecular weight excluding hydrogens is 482 g/mol. The van der Waals surface area contributed by atoms with Crippen molar-refractivity contribution >= 4 is 40.6 Å². The summed E-state index contributed by atoms with van der Waals surface area (Å²) in [5.74, 6) is 1.54. The first-order valence-corrected chi connectivity index (χ1v) is 9.50. The molecule has 0 saturated heterocycles. The molecule has 0 spiro atoms. The molecule has 35 heavy (non-hydrogen) atoms. The van der Waals surface area contributed by atoms with E-state index in [1.165, 1.54) is 18.3 Å². The number of fused-ring (bicyclic) bond motifs is 1. The number of aliphatic carboxylic acids is 2. The maximum Gasteiger partial charge on any atom is 1.00 e. The molecule has 6 N–H and O–H groups in total. The van der Waals surface area contributed by atoms with Crippen LogP contribution in [0.3, 0.4) is 0 Å². The number of H-pyrrole nitrogens is 1. The average Bonchev–Trinajstić information content (AvgIpc) is 2.77. The molecule has 14 nitrogen and oxygen atoms in total. The van der Waals surface area contributed by atoms with Crippen molar-refractivity contribution in [2.75, 3.05) is 11.1 Å². The van der Waals surface area contributed by atoms with Crippen molar-refractivity contribution in [1.29, 1.82) is 0 Å². The Morgan fingerprint density at radius 1 is 1.11 bits per heavy atom. The molecule has 0 radical (unpaired) electrons. The normalized spacial score (nSPS) is 11.0. The van der Waals surface area contributed by atoms with E-state index in [0.29, 0.717) is 16.4 Å². The smallest absolute Gasteiger partial charge is 0.550 e. The summed E-state index contributed by atoms with van der Waals surface area (Å²) in [7, 11) is 0. The molecule has 3 aromatic rings. The second-order valence-electron chi connectivity index (χ2n) is 6.87. The van der Waals surface area contributed by atoms with Crippen LogP contribution < -0.4 is 91.8 Å². The van der Waals surface area contributed by atoms with E-state index in [1.54, 1.807) is 12.1 Å². The molecule has 0 aliphatic heterocycles. The number of amides is 1. The SMILES string of the molecule is Nc1nc2ncc(CNc3ccc(C(=O)N(N)C(CCC(=O)[O-])C(=O)[O-])cc3)nc2c(=O)[nH]1.[Na+].[Na+]. The molecule has 1 amide bonds. The topological polar surface area (TPSA) is 236 Å². The van der Waals surface area contributed by atoms with Gasteiger partial charge in [0.1, 0.15) is 0 Å². The molecule has 0 fully saturated rings. The van der Waals surface area contributed by atoms with Gasteiger partial charge in [0.15, 0.2) is 11.2 Å². The molecule has 16 heteroatoms. The summed E-state index contributed by atoms with van der Waals surface area (Å²) in [6.45, 7) is 0.193. The molecular formula is C19H18N8Na2O6. The summed E-state index contributed by atoms with van der Waals surface area (Å²) < 4.78 is 0. The van der Waals surface area contributed by atoms with Crippen LogP contribution >= 0.6 is 0 Å². The van der Waals surface area contributed by atoms with Crippen molar-refractivity contribution in [2.24, 2.45) is 5.84 Å². The Morgan fingerprint density at radius 2 is 1.77 bits per heavy atom. The molecule has 0 bridgehead atoms. The number of carbonyl (C=O) groups excluding carboxylic acids is 3. The van der Waals surface area contributed by atoms with E-state index in [0.717, 1.165) is 0 Å². The maximum absolute atomic E-state index is 12.5. The van der Waals surface area contributed by atoms with Gasteiger partial charge in [0, 0.05) is 17.2 Å². The third-order valence-corrected chi connectivity index (χ3v) is 4.56. The fraction of sp³-hybridized carbons (Fsp3) is 0.211. The molecule has 0 saturated carbocycles. The summed E-state index contributed by atoms with van der Waals surface area (Å²) in [5, 5.41) is 25.3. The zero-order chi connectivity index (χ0) is 24.1. The van der Waals surface area contributed by atoms with E-state index in [2.05, 4.69) is 25.3 Å². The molecule has 1 atom stereocenters. The van der Waals surface area contributed by atoms with Gasteiger partial charge in [-0.25, -0.2) is 15.8 Å². The Balaban J connectivity index is 0.00000306. The van der Waals surface area contributed by atoms with E-state index >= 15 is 0 Å². The van der Waals surface area contributed by atoms with Gasteiger partial charge in [0.25, 0.3) is 11.5 Å². The van der Waals surface area contributed by atoms with Crippen LogP contribution in [0.15, 0.2) is 35.3 Å². The van der Waals surface area contributed by atoms with Crippen molar-refractivity contribution in [3.05, 3.63) is 52.1 Å². The number of hydrazine groups is 1. The van der Waals surface area contributed by atoms with Gasteiger partial charge in [-0.05, 0) is 37.1 Å². The summed E-state index contributed by atoms with van der Waals surface area (Å²) in [4.78, 5) is 60.7. The fourth-order valence-corrected chi connectivity index (χ4v) is 2.90. The molecule has 1 unspecified atom stereocenters. The van der Waals surface area contributed by atoms with E-state index in [9.17, 15) is 29.4 Å². The standard InChI is InChI=1S/C19H20N8O6.2Na/c20-19-25-15-14(16(30)26-19)24-11(8-23-15)7-22-10-3-1-9(2-4-10)17(31)27(21)12(18(32)33)5-6-13(28)29;;/h1-4,8,12,22H,5-7,21H2,(H,28,29)(H,32,33)(H3,20,23,25,26,30);;/q;2*+1/p-2. The number of carboxylic acid groups (broad SMARTS) is 2. The third-order valence-electron chi connectivity index (χ3n) is 4.56. The Hall–Kier alpha value is -2.59. The number of carbonyl (C=O) groups is 3. The summed E-state index contributed by atoms with van der Waals surface area (Å²) in [5.41, 5.74) is 6.19. The minimum atomic E-state index is -1.68. The summed E-state index contributed by atoms with van der Waals surface area (Å²) in [6.07, 6.45) is 0.373. The van der Waals surface area contributed by atoms with Gasteiger partial charge in [-0.1, -0.05) is 0 Å². The molecule has 0 aliphatic rings. The van der Waals surface area contributed by atoms with Gasteiger partial charge in [-0.2, -0.15) is 4.98 Å². The third kappa shape index (κ3) is 7.96. The predicted octanol–water partition coefficient (Wildman–Crippen LogP) is -9.12. The summed E-state index contributed by atoms with van der Waals surface area (Å²) >= 11 is 0. The number of rotatable bonds is 9. The van der Waals surface area contributed by atoms with Crippen LogP contribution in [0.4, 0.5) is 11.6 Å². The molecule has 2 aromatic heterocycles. The number of anilines is 2. The van der Waals surface area contributed by atoms with Gasteiger partial charge >= 0.3 is 59.1 Å². The first kappa shape index (κ1) is 30.4. The first-order valence-electron chi connectivity index (χ1n) is 9.50. The van der Waals surface area contributed by atoms with Crippen LogP contribution in [0.5, 0.6) is 0 Å². The Morgan fingerprint density at radius 3 is 2.37 bits per heavy atom. The van der Waals surface area contributed by atoms with Crippen molar-refractivity contribution in [3.8, 4) is 0 Å². The van der Waals surface area contributed by atoms with E-state index in [1.807, 2.05) is 0 Å². The van der Waals surface area contributed by atoms with E-state index in [4.69, 9.17) is 11.6 Å².